The molecule has 4 nitrogen and oxygen atoms in total. The molecule has 0 unspecified atom stereocenters. The van der Waals surface area contributed by atoms with Crippen molar-refractivity contribution in [2.75, 3.05) is 25.5 Å². The lowest BCUT2D eigenvalue weighted by Crippen LogP contribution is -2.27. The van der Waals surface area contributed by atoms with Crippen LogP contribution in [0.25, 0.3) is 0 Å². The SMILES string of the molecule is CC(C)N(C)CCCCNc1cc(C#N)ccn1. The maximum Gasteiger partial charge on any atom is 0.127 e. The minimum absolute atomic E-state index is 0.604. The number of anilines is 1. The van der Waals surface area contributed by atoms with Gasteiger partial charge in [0.15, 0.2) is 0 Å². The van der Waals surface area contributed by atoms with Crippen LogP contribution in [-0.4, -0.2) is 36.1 Å². The number of rotatable bonds is 7. The number of nitrogens with zero attached hydrogens (tertiary/aromatic N) is 3. The molecule has 0 aromatic carbocycles. The van der Waals surface area contributed by atoms with Crippen LogP contribution in [0.4, 0.5) is 5.82 Å². The molecule has 0 radical (unpaired) electrons. The Morgan fingerprint density at radius 1 is 1.44 bits per heavy atom. The number of aromatic nitrogens is 1. The van der Waals surface area contributed by atoms with Crippen molar-refractivity contribution in [2.24, 2.45) is 0 Å². The lowest BCUT2D eigenvalue weighted by molar-refractivity contribution is 0.269. The molecule has 0 saturated carbocycles. The average Bonchev–Trinajstić information content (AvgIpc) is 2.38. The van der Waals surface area contributed by atoms with Crippen molar-refractivity contribution < 1.29 is 0 Å². The zero-order valence-electron chi connectivity index (χ0n) is 11.5. The van der Waals surface area contributed by atoms with Crippen LogP contribution in [0, 0.1) is 11.3 Å². The Labute approximate surface area is 110 Å². The van der Waals surface area contributed by atoms with E-state index in [4.69, 9.17) is 5.26 Å². The molecule has 1 rings (SSSR count). The first-order chi connectivity index (χ1) is 8.63. The Hall–Kier alpha value is -1.60. The van der Waals surface area contributed by atoms with Gasteiger partial charge in [-0.15, -0.1) is 0 Å². The van der Waals surface area contributed by atoms with Gasteiger partial charge in [-0.2, -0.15) is 5.26 Å². The van der Waals surface area contributed by atoms with Gasteiger partial charge in [-0.3, -0.25) is 0 Å². The summed E-state index contributed by atoms with van der Waals surface area (Å²) in [5.41, 5.74) is 0.645. The van der Waals surface area contributed by atoms with Crippen LogP contribution in [0.15, 0.2) is 18.3 Å². The molecule has 18 heavy (non-hydrogen) atoms. The van der Waals surface area contributed by atoms with Gasteiger partial charge >= 0.3 is 0 Å². The number of unbranched alkanes of at least 4 members (excludes halogenated alkanes) is 1. The standard InChI is InChI=1S/C14H22N4/c1-12(2)18(3)9-5-4-7-16-14-10-13(11-15)6-8-17-14/h6,8,10,12H,4-5,7,9H2,1-3H3,(H,16,17). The highest BCUT2D eigenvalue weighted by Gasteiger charge is 2.02. The summed E-state index contributed by atoms with van der Waals surface area (Å²) in [7, 11) is 2.15. The molecule has 1 aromatic rings. The van der Waals surface area contributed by atoms with Crippen molar-refractivity contribution in [3.8, 4) is 6.07 Å². The van der Waals surface area contributed by atoms with Gasteiger partial charge < -0.3 is 10.2 Å². The van der Waals surface area contributed by atoms with Gasteiger partial charge in [0.05, 0.1) is 11.6 Å². The average molecular weight is 246 g/mol. The second kappa shape index (κ2) is 7.67. The summed E-state index contributed by atoms with van der Waals surface area (Å²) in [6.45, 7) is 6.42. The topological polar surface area (TPSA) is 52.0 Å². The fourth-order valence-electron chi connectivity index (χ4n) is 1.56. The van der Waals surface area contributed by atoms with Crippen molar-refractivity contribution in [3.63, 3.8) is 0 Å². The number of pyridine rings is 1. The van der Waals surface area contributed by atoms with Crippen molar-refractivity contribution >= 4 is 5.82 Å². The van der Waals surface area contributed by atoms with Gasteiger partial charge in [0.1, 0.15) is 5.82 Å². The summed E-state index contributed by atoms with van der Waals surface area (Å²) in [5.74, 6) is 0.784. The molecular formula is C14H22N4. The molecule has 0 atom stereocenters. The Kier molecular flexibility index (Phi) is 6.16. The van der Waals surface area contributed by atoms with E-state index in [2.05, 4.69) is 42.2 Å². The molecule has 0 saturated heterocycles. The van der Waals surface area contributed by atoms with Crippen molar-refractivity contribution in [1.82, 2.24) is 9.88 Å². The van der Waals surface area contributed by atoms with Crippen molar-refractivity contribution in [3.05, 3.63) is 23.9 Å². The van der Waals surface area contributed by atoms with E-state index >= 15 is 0 Å². The molecule has 0 aliphatic rings. The highest BCUT2D eigenvalue weighted by Crippen LogP contribution is 2.06. The van der Waals surface area contributed by atoms with Gasteiger partial charge in [0.25, 0.3) is 0 Å². The maximum atomic E-state index is 8.77. The summed E-state index contributed by atoms with van der Waals surface area (Å²) < 4.78 is 0. The largest absolute Gasteiger partial charge is 0.370 e. The summed E-state index contributed by atoms with van der Waals surface area (Å²) in [6.07, 6.45) is 3.93. The first-order valence-corrected chi connectivity index (χ1v) is 6.43. The van der Waals surface area contributed by atoms with E-state index in [0.717, 1.165) is 25.3 Å². The molecule has 1 heterocycles. The predicted molar refractivity (Wildman–Crippen MR) is 74.4 cm³/mol. The van der Waals surface area contributed by atoms with E-state index in [9.17, 15) is 0 Å². The summed E-state index contributed by atoms with van der Waals surface area (Å²) in [5, 5.41) is 12.0. The number of nitrogens with one attached hydrogen (secondary N) is 1. The Morgan fingerprint density at radius 2 is 2.22 bits per heavy atom. The first kappa shape index (κ1) is 14.5. The Bertz CT molecular complexity index is 395. The van der Waals surface area contributed by atoms with Gasteiger partial charge in [-0.05, 0) is 52.4 Å². The minimum atomic E-state index is 0.604. The van der Waals surface area contributed by atoms with Crippen LogP contribution in [0.3, 0.4) is 0 Å². The van der Waals surface area contributed by atoms with Crippen LogP contribution in [0.2, 0.25) is 0 Å². The van der Waals surface area contributed by atoms with E-state index in [1.165, 1.54) is 6.42 Å². The van der Waals surface area contributed by atoms with E-state index < -0.39 is 0 Å². The molecule has 1 N–H and O–H groups in total. The number of hydrogen-bond acceptors (Lipinski definition) is 4. The second-order valence-electron chi connectivity index (χ2n) is 4.75. The molecule has 4 heteroatoms. The summed E-state index contributed by atoms with van der Waals surface area (Å²) in [6, 6.07) is 6.20. The minimum Gasteiger partial charge on any atom is -0.370 e. The van der Waals surface area contributed by atoms with E-state index in [1.54, 1.807) is 18.3 Å². The van der Waals surface area contributed by atoms with Crippen LogP contribution < -0.4 is 5.32 Å². The van der Waals surface area contributed by atoms with Gasteiger partial charge in [0.2, 0.25) is 0 Å². The monoisotopic (exact) mass is 246 g/mol. The number of hydrogen-bond donors (Lipinski definition) is 1. The molecule has 1 aromatic heterocycles. The van der Waals surface area contributed by atoms with Crippen LogP contribution in [0.5, 0.6) is 0 Å². The van der Waals surface area contributed by atoms with Gasteiger partial charge in [-0.1, -0.05) is 0 Å². The Morgan fingerprint density at radius 3 is 2.89 bits per heavy atom. The second-order valence-corrected chi connectivity index (χ2v) is 4.75. The van der Waals surface area contributed by atoms with E-state index in [0.29, 0.717) is 11.6 Å². The third kappa shape index (κ3) is 5.15. The van der Waals surface area contributed by atoms with Crippen LogP contribution >= 0.6 is 0 Å². The fraction of sp³-hybridized carbons (Fsp3) is 0.571. The highest BCUT2D eigenvalue weighted by atomic mass is 15.1. The highest BCUT2D eigenvalue weighted by molar-refractivity contribution is 5.42. The fourth-order valence-corrected chi connectivity index (χ4v) is 1.56. The number of nitriles is 1. The molecule has 0 amide bonds. The molecule has 0 bridgehead atoms. The normalized spacial score (nSPS) is 10.7. The third-order valence-corrected chi connectivity index (χ3v) is 3.01. The van der Waals surface area contributed by atoms with Crippen molar-refractivity contribution in [2.45, 2.75) is 32.7 Å². The summed E-state index contributed by atoms with van der Waals surface area (Å²) >= 11 is 0. The first-order valence-electron chi connectivity index (χ1n) is 6.43. The predicted octanol–water partition coefficient (Wildman–Crippen LogP) is 2.49. The lowest BCUT2D eigenvalue weighted by atomic mass is 10.2. The van der Waals surface area contributed by atoms with Gasteiger partial charge in [0, 0.05) is 18.8 Å². The quantitative estimate of drug-likeness (QED) is 0.751. The molecule has 0 spiro atoms. The van der Waals surface area contributed by atoms with E-state index in [1.807, 2.05) is 0 Å². The van der Waals surface area contributed by atoms with Crippen LogP contribution in [0.1, 0.15) is 32.3 Å². The molecule has 0 aliphatic carbocycles. The van der Waals surface area contributed by atoms with Crippen LogP contribution in [-0.2, 0) is 0 Å². The van der Waals surface area contributed by atoms with Crippen molar-refractivity contribution in [1.29, 1.82) is 5.26 Å². The molecule has 0 aliphatic heterocycles. The molecular weight excluding hydrogens is 224 g/mol. The molecule has 98 valence electrons. The summed E-state index contributed by atoms with van der Waals surface area (Å²) in [4.78, 5) is 6.52. The zero-order valence-corrected chi connectivity index (χ0v) is 11.5. The smallest absolute Gasteiger partial charge is 0.127 e. The Balaban J connectivity index is 2.20. The zero-order chi connectivity index (χ0) is 13.4. The maximum absolute atomic E-state index is 8.77. The van der Waals surface area contributed by atoms with Gasteiger partial charge in [-0.25, -0.2) is 4.98 Å². The molecule has 0 fully saturated rings. The third-order valence-electron chi connectivity index (χ3n) is 3.01. The van der Waals surface area contributed by atoms with E-state index in [-0.39, 0.29) is 0 Å². The lowest BCUT2D eigenvalue weighted by Gasteiger charge is -2.20.